The van der Waals surface area contributed by atoms with E-state index in [0.717, 1.165) is 12.1 Å². The summed E-state index contributed by atoms with van der Waals surface area (Å²) >= 11 is 0. The Bertz CT molecular complexity index is 1290. The van der Waals surface area contributed by atoms with Crippen LogP contribution in [0.4, 0.5) is 24.5 Å². The van der Waals surface area contributed by atoms with E-state index in [4.69, 9.17) is 20.7 Å². The van der Waals surface area contributed by atoms with Crippen molar-refractivity contribution in [1.29, 1.82) is 0 Å². The third-order valence-corrected chi connectivity index (χ3v) is 4.87. The molecule has 0 spiro atoms. The Morgan fingerprint density at radius 3 is 2.31 bits per heavy atom. The summed E-state index contributed by atoms with van der Waals surface area (Å²) in [7, 11) is 0. The minimum Gasteiger partial charge on any atom is -0.490 e. The van der Waals surface area contributed by atoms with Gasteiger partial charge in [-0.05, 0) is 48.4 Å². The molecule has 0 saturated carbocycles. The van der Waals surface area contributed by atoms with Crippen LogP contribution in [0.1, 0.15) is 26.3 Å². The van der Waals surface area contributed by atoms with Crippen molar-refractivity contribution in [3.8, 4) is 5.75 Å². The zero-order valence-corrected chi connectivity index (χ0v) is 20.8. The van der Waals surface area contributed by atoms with Gasteiger partial charge in [-0.15, -0.1) is 6.58 Å². The molecule has 0 bridgehead atoms. The Morgan fingerprint density at radius 2 is 1.67 bits per heavy atom. The Hall–Kier alpha value is -4.39. The molecule has 0 atom stereocenters. The van der Waals surface area contributed by atoms with Crippen molar-refractivity contribution in [2.75, 3.05) is 31.7 Å². The van der Waals surface area contributed by atoms with Gasteiger partial charge in [0.15, 0.2) is 11.6 Å². The molecule has 2 amide bonds. The number of aliphatic hydroxyl groups is 2. The first-order chi connectivity index (χ1) is 18.7. The number of hydrogen-bond acceptors (Lipinski definition) is 7. The van der Waals surface area contributed by atoms with Crippen LogP contribution in [0.15, 0.2) is 67.3 Å². The van der Waals surface area contributed by atoms with Gasteiger partial charge in [0.2, 0.25) is 0 Å². The molecule has 3 rings (SSSR count). The molecule has 9 nitrogen and oxygen atoms in total. The lowest BCUT2D eigenvalue weighted by Crippen LogP contribution is -2.26. The molecule has 0 aliphatic carbocycles. The van der Waals surface area contributed by atoms with E-state index >= 15 is 0 Å². The van der Waals surface area contributed by atoms with Crippen LogP contribution in [0.5, 0.6) is 5.75 Å². The predicted molar refractivity (Wildman–Crippen MR) is 138 cm³/mol. The van der Waals surface area contributed by atoms with Crippen molar-refractivity contribution >= 4 is 23.2 Å². The maximum atomic E-state index is 14.2. The number of halogens is 3. The molecule has 0 aliphatic heterocycles. The molecule has 0 fully saturated rings. The van der Waals surface area contributed by atoms with Gasteiger partial charge in [-0.2, -0.15) is 0 Å². The highest BCUT2D eigenvalue weighted by Gasteiger charge is 2.20. The Kier molecular flexibility index (Phi) is 12.5. The quantitative estimate of drug-likeness (QED) is 0.133. The lowest BCUT2D eigenvalue weighted by molar-refractivity contribution is 0.0168. The fraction of sp³-hybridized carbons (Fsp3) is 0.185. The number of hydroxylamine groups is 1. The number of ether oxygens (including phenoxy) is 1. The molecule has 3 aromatic carbocycles. The number of nitrogens with two attached hydrogens (primary N) is 1. The van der Waals surface area contributed by atoms with Crippen molar-refractivity contribution in [1.82, 2.24) is 5.48 Å². The van der Waals surface area contributed by atoms with Crippen LogP contribution in [0, 0.1) is 17.5 Å². The maximum absolute atomic E-state index is 14.2. The standard InChI is InChI=1S/C18H17F3N2O3.C9H11NO3/c1-2-3-11-4-7-15(14(20)10-11)22-17-12(5-6-13(19)16(17)21)18(25)23-26-9-8-24;10-9(12)7-3-1-2-4-8(7)13-6-5-11/h2,4-7,10,22,24H,1,3,8-9H2,(H,23,25);1-4,11H,5-6H2,(H2,10,12). The van der Waals surface area contributed by atoms with E-state index in [1.165, 1.54) is 12.1 Å². The highest BCUT2D eigenvalue weighted by atomic mass is 19.2. The van der Waals surface area contributed by atoms with Gasteiger partial charge in [-0.3, -0.25) is 14.4 Å². The predicted octanol–water partition coefficient (Wildman–Crippen LogP) is 3.39. The molecule has 0 unspecified atom stereocenters. The first-order valence-corrected chi connectivity index (χ1v) is 11.5. The highest BCUT2D eigenvalue weighted by Crippen LogP contribution is 2.28. The second-order valence-corrected chi connectivity index (χ2v) is 7.65. The number of allylic oxidation sites excluding steroid dienone is 1. The minimum absolute atomic E-state index is 0.0902. The van der Waals surface area contributed by atoms with Gasteiger partial charge < -0.3 is 26.0 Å². The van der Waals surface area contributed by atoms with Gasteiger partial charge in [0.1, 0.15) is 18.2 Å². The molecule has 0 saturated heterocycles. The van der Waals surface area contributed by atoms with E-state index in [0.29, 0.717) is 23.3 Å². The third-order valence-electron chi connectivity index (χ3n) is 4.87. The van der Waals surface area contributed by atoms with Gasteiger partial charge in [0, 0.05) is 0 Å². The Balaban J connectivity index is 0.000000344. The molecule has 6 N–H and O–H groups in total. The Labute approximate surface area is 222 Å². The maximum Gasteiger partial charge on any atom is 0.277 e. The van der Waals surface area contributed by atoms with Gasteiger partial charge in [0.25, 0.3) is 11.8 Å². The molecule has 0 radical (unpaired) electrons. The first-order valence-electron chi connectivity index (χ1n) is 11.5. The minimum atomic E-state index is -1.34. The van der Waals surface area contributed by atoms with E-state index < -0.39 is 35.0 Å². The van der Waals surface area contributed by atoms with Crippen molar-refractivity contribution in [3.05, 3.63) is 101 Å². The number of para-hydroxylation sites is 1. The first kappa shape index (κ1) is 30.8. The molecule has 208 valence electrons. The van der Waals surface area contributed by atoms with Crippen molar-refractivity contribution in [2.45, 2.75) is 6.42 Å². The lowest BCUT2D eigenvalue weighted by atomic mass is 10.1. The summed E-state index contributed by atoms with van der Waals surface area (Å²) < 4.78 is 47.1. The summed E-state index contributed by atoms with van der Waals surface area (Å²) in [6.07, 6.45) is 2.05. The normalized spacial score (nSPS) is 10.2. The van der Waals surface area contributed by atoms with Gasteiger partial charge in [0.05, 0.1) is 42.3 Å². The third kappa shape index (κ3) is 9.14. The van der Waals surface area contributed by atoms with Crippen molar-refractivity contribution < 1.29 is 42.5 Å². The molecule has 0 aromatic heterocycles. The lowest BCUT2D eigenvalue weighted by Gasteiger charge is -2.14. The number of carbonyl (C=O) groups excluding carboxylic acids is 2. The summed E-state index contributed by atoms with van der Waals surface area (Å²) in [6.45, 7) is 3.10. The van der Waals surface area contributed by atoms with E-state index in [1.807, 2.05) is 5.48 Å². The summed E-state index contributed by atoms with van der Waals surface area (Å²) in [6, 6.07) is 12.6. The van der Waals surface area contributed by atoms with Gasteiger partial charge in [-0.1, -0.05) is 24.3 Å². The van der Waals surface area contributed by atoms with E-state index in [2.05, 4.69) is 16.7 Å². The van der Waals surface area contributed by atoms with E-state index in [-0.39, 0.29) is 37.7 Å². The number of primary amides is 1. The van der Waals surface area contributed by atoms with Crippen molar-refractivity contribution in [2.24, 2.45) is 5.73 Å². The largest absolute Gasteiger partial charge is 0.490 e. The van der Waals surface area contributed by atoms with Crippen LogP contribution in [-0.2, 0) is 11.3 Å². The molecule has 0 heterocycles. The molecule has 12 heteroatoms. The van der Waals surface area contributed by atoms with Crippen LogP contribution in [0.2, 0.25) is 0 Å². The summed E-state index contributed by atoms with van der Waals surface area (Å²) in [5, 5.41) is 19.5. The summed E-state index contributed by atoms with van der Waals surface area (Å²) in [5.41, 5.74) is 7.10. The average Bonchev–Trinajstić information content (AvgIpc) is 2.92. The number of aliphatic hydroxyl groups excluding tert-OH is 2. The monoisotopic (exact) mass is 547 g/mol. The zero-order chi connectivity index (χ0) is 28.8. The smallest absolute Gasteiger partial charge is 0.277 e. The molecule has 0 aliphatic rings. The van der Waals surface area contributed by atoms with Crippen LogP contribution in [0.25, 0.3) is 0 Å². The van der Waals surface area contributed by atoms with Crippen LogP contribution < -0.4 is 21.3 Å². The van der Waals surface area contributed by atoms with Crippen LogP contribution in [0.3, 0.4) is 0 Å². The second kappa shape index (κ2) is 15.8. The topological polar surface area (TPSA) is 143 Å². The fourth-order valence-electron chi connectivity index (χ4n) is 3.12. The highest BCUT2D eigenvalue weighted by molar-refractivity contribution is 6.00. The van der Waals surface area contributed by atoms with Crippen LogP contribution >= 0.6 is 0 Å². The summed E-state index contributed by atoms with van der Waals surface area (Å²) in [4.78, 5) is 27.6. The molecular formula is C27H28F3N3O6. The van der Waals surface area contributed by atoms with Gasteiger partial charge >= 0.3 is 0 Å². The van der Waals surface area contributed by atoms with E-state index in [9.17, 15) is 22.8 Å². The number of hydrogen-bond donors (Lipinski definition) is 5. The Morgan fingerprint density at radius 1 is 0.949 bits per heavy atom. The average molecular weight is 548 g/mol. The molecular weight excluding hydrogens is 519 g/mol. The van der Waals surface area contributed by atoms with E-state index in [1.54, 1.807) is 36.4 Å². The number of nitrogens with one attached hydrogen (secondary N) is 2. The second-order valence-electron chi connectivity index (χ2n) is 7.65. The fourth-order valence-corrected chi connectivity index (χ4v) is 3.12. The molecule has 39 heavy (non-hydrogen) atoms. The number of amides is 2. The summed E-state index contributed by atoms with van der Waals surface area (Å²) in [5.74, 6) is -4.25. The number of benzene rings is 3. The number of anilines is 2. The SMILES string of the molecule is C=CCc1ccc(Nc2c(C(=O)NOCCO)ccc(F)c2F)c(F)c1.NC(=O)c1ccccc1OCCO. The molecule has 3 aromatic rings. The number of rotatable bonds is 12. The van der Waals surface area contributed by atoms with Crippen molar-refractivity contribution in [3.63, 3.8) is 0 Å². The zero-order valence-electron chi connectivity index (χ0n) is 20.8. The van der Waals surface area contributed by atoms with Gasteiger partial charge in [-0.25, -0.2) is 18.7 Å². The van der Waals surface area contributed by atoms with Crippen LogP contribution in [-0.4, -0.2) is 48.5 Å². The number of carbonyl (C=O) groups is 2.